The van der Waals surface area contributed by atoms with Gasteiger partial charge in [0.15, 0.2) is 0 Å². The van der Waals surface area contributed by atoms with Crippen molar-refractivity contribution in [2.24, 2.45) is 0 Å². The second kappa shape index (κ2) is 23.5. The van der Waals surface area contributed by atoms with Crippen molar-refractivity contribution in [3.8, 4) is 0 Å². The first kappa shape index (κ1) is 53.0. The van der Waals surface area contributed by atoms with Crippen LogP contribution in [0.15, 0.2) is 0 Å². The van der Waals surface area contributed by atoms with Crippen LogP contribution in [0.1, 0.15) is 0 Å². The summed E-state index contributed by atoms with van der Waals surface area (Å²) in [5, 5.41) is 0. The van der Waals surface area contributed by atoms with E-state index in [0.29, 0.717) is 0 Å². The van der Waals surface area contributed by atoms with Gasteiger partial charge < -0.3 is 0 Å². The Bertz CT molecular complexity index is 627. The summed E-state index contributed by atoms with van der Waals surface area (Å²) in [7, 11) is 0. The first-order chi connectivity index (χ1) is 10.0. The normalized spacial score (nSPS) is 10.4. The van der Waals surface area contributed by atoms with E-state index < -0.39 is 66.8 Å². The minimum atomic E-state index is -5.62. The molecule has 0 aromatic heterocycles. The molecule has 0 aliphatic heterocycles. The van der Waals surface area contributed by atoms with E-state index in [1.807, 2.05) is 0 Å². The quantitative estimate of drug-likeness (QED) is 0.204. The van der Waals surface area contributed by atoms with E-state index >= 15 is 0 Å². The van der Waals surface area contributed by atoms with E-state index in [9.17, 15) is 0 Å². The zero-order chi connectivity index (χ0) is 22.5. The fourth-order valence-electron chi connectivity index (χ4n) is 0. The van der Waals surface area contributed by atoms with Crippen LogP contribution in [0, 0.1) is 0 Å². The minimum absolute atomic E-state index is 0. The monoisotopic (exact) mass is 870 g/mol. The molecule has 0 aromatic rings. The molecule has 0 saturated carbocycles. The first-order valence-corrected chi connectivity index (χ1v) is 12.7. The molecule has 0 fully saturated rings. The molecule has 28 heavy (non-hydrogen) atoms. The minimum Gasteiger partial charge on any atom is 4.00 e. The van der Waals surface area contributed by atoms with E-state index in [4.69, 9.17) is 80.2 Å². The van der Waals surface area contributed by atoms with Gasteiger partial charge in [-0.15, -0.1) is 0 Å². The van der Waals surface area contributed by atoms with Crippen molar-refractivity contribution < 1.29 is 195 Å². The molecule has 0 unspecified atom stereocenters. The number of hydrogen-bond acceptors (Lipinski definition) is 20. The second-order valence-electron chi connectivity index (χ2n) is 1.89. The summed E-state index contributed by atoms with van der Waals surface area (Å²) in [6.07, 6.45) is 0. The Balaban J connectivity index is -0.0000000290. The largest absolute Gasteiger partial charge is 4.00 e. The third-order valence-electron chi connectivity index (χ3n) is 0. The van der Waals surface area contributed by atoms with Crippen LogP contribution in [0.4, 0.5) is 0 Å². The summed E-state index contributed by atoms with van der Waals surface area (Å²) in [5.41, 5.74) is 0. The molecule has 0 amide bonds. The Hall–Kier alpha value is 3.37. The van der Waals surface area contributed by atoms with Gasteiger partial charge in [-0.25, -0.2) is 0 Å². The molecule has 0 atom stereocenters. The van der Waals surface area contributed by atoms with E-state index in [-0.39, 0.29) is 96.8 Å². The average Bonchev–Trinajstić information content (AvgIpc) is 1.79. The van der Waals surface area contributed by atoms with Crippen molar-refractivity contribution in [1.82, 2.24) is 0 Å². The summed E-state index contributed by atoms with van der Waals surface area (Å²) in [6, 6.07) is 0. The van der Waals surface area contributed by atoms with Gasteiger partial charge in [-0.1, -0.05) is 0 Å². The molecule has 0 bridgehead atoms. The molecule has 0 rings (SSSR count). The first-order valence-electron chi connectivity index (χ1n) is 3.09. The van der Waals surface area contributed by atoms with E-state index in [0.717, 1.165) is 0 Å². The van der Waals surface area contributed by atoms with Crippen LogP contribution in [0.2, 0.25) is 0 Å². The third kappa shape index (κ3) is 2090. The molecule has 0 N–H and O–H groups in total. The fraction of sp³-hybridized carbons (Fsp3) is 0. The molecular weight excluding hydrogens is 871 g/mol. The topological polar surface area (TPSA) is 401 Å². The summed E-state index contributed by atoms with van der Waals surface area (Å²) >= 11 is -28.1. The predicted molar refractivity (Wildman–Crippen MR) is 12.6 cm³/mol. The van der Waals surface area contributed by atoms with Crippen molar-refractivity contribution in [2.45, 2.75) is 0 Å². The summed E-state index contributed by atoms with van der Waals surface area (Å²) in [5.74, 6) is 0. The maximum absolute atomic E-state index is 8.58. The molecule has 28 heteroatoms. The van der Waals surface area contributed by atoms with Gasteiger partial charge >= 0.3 is 244 Å². The van der Waals surface area contributed by atoms with Crippen molar-refractivity contribution in [1.29, 1.82) is 0 Å². The Kier molecular flexibility index (Phi) is 44.5. The van der Waals surface area contributed by atoms with Crippen LogP contribution >= 0.6 is 0 Å². The Morgan fingerprint density at radius 3 is 0.321 bits per heavy atom. The van der Waals surface area contributed by atoms with Crippen molar-refractivity contribution in [2.75, 3.05) is 0 Å². The van der Waals surface area contributed by atoms with E-state index in [1.54, 1.807) is 0 Å². The van der Waals surface area contributed by atoms with E-state index in [1.165, 1.54) is 0 Å². The molecule has 0 aliphatic rings. The van der Waals surface area contributed by atoms with Gasteiger partial charge in [0, 0.05) is 0 Å². The molecule has 0 saturated heterocycles. The molecule has 0 spiro atoms. The molecule has 0 heterocycles. The average molecular weight is 871 g/mol. The van der Waals surface area contributed by atoms with Crippen LogP contribution in [-0.4, -0.2) is 48.9 Å². The molecule has 0 radical (unpaired) electrons. The van der Waals surface area contributed by atoms with Gasteiger partial charge in [0.1, 0.15) is 0 Å². The van der Waals surface area contributed by atoms with Gasteiger partial charge in [0.05, 0.1) is 0 Å². The van der Waals surface area contributed by atoms with Crippen molar-refractivity contribution in [3.63, 3.8) is 0 Å². The van der Waals surface area contributed by atoms with Crippen LogP contribution in [-0.2, 0) is 153 Å². The molecule has 0 aliphatic carbocycles. The van der Waals surface area contributed by atoms with Crippen LogP contribution in [0.25, 0.3) is 0 Å². The Morgan fingerprint density at radius 2 is 0.321 bits per heavy atom. The summed E-state index contributed by atoms with van der Waals surface area (Å²) < 4.78 is 172. The molecule has 165 valence electrons. The molecule has 20 nitrogen and oxygen atoms in total. The van der Waals surface area contributed by atoms with Gasteiger partial charge in [-0.3, -0.25) is 0 Å². The third-order valence-corrected chi connectivity index (χ3v) is 0. The zero-order valence-electron chi connectivity index (χ0n) is 11.8. The summed E-state index contributed by atoms with van der Waals surface area (Å²) in [6.45, 7) is 0. The summed E-state index contributed by atoms with van der Waals surface area (Å²) in [4.78, 5) is 0. The van der Waals surface area contributed by atoms with Crippen LogP contribution in [0.3, 0.4) is 0 Å². The van der Waals surface area contributed by atoms with E-state index in [2.05, 4.69) is 0 Å². The fourth-order valence-corrected chi connectivity index (χ4v) is 0. The zero-order valence-corrected chi connectivity index (χ0v) is 26.1. The Labute approximate surface area is 239 Å². The van der Waals surface area contributed by atoms with Gasteiger partial charge in [0.25, 0.3) is 0 Å². The standard InChI is InChI=1S/Ba.5Mn.20O.Ti.Zr/q+2;;;;;;;;;;;;;;;;10*-1;2*+4. The predicted octanol–water partition coefficient (Wildman–Crippen LogP) is -13.5. The Morgan fingerprint density at radius 1 is 0.321 bits per heavy atom. The molecule has 0 aromatic carbocycles. The second-order valence-corrected chi connectivity index (χ2v) is 7.79. The van der Waals surface area contributed by atoms with Gasteiger partial charge in [-0.05, 0) is 0 Å². The number of hydrogen-bond donors (Lipinski definition) is 0. The number of rotatable bonds is 0. The van der Waals surface area contributed by atoms with Crippen molar-refractivity contribution >= 4 is 48.9 Å². The maximum atomic E-state index is 8.58. The van der Waals surface area contributed by atoms with Crippen LogP contribution in [0.5, 0.6) is 0 Å². The van der Waals surface area contributed by atoms with Gasteiger partial charge in [-0.2, -0.15) is 0 Å². The van der Waals surface area contributed by atoms with Gasteiger partial charge in [0.2, 0.25) is 0 Å². The smallest absolute Gasteiger partial charge is 4.00 e. The maximum Gasteiger partial charge on any atom is 4.00 e. The van der Waals surface area contributed by atoms with Crippen LogP contribution < -0.4 is 41.9 Å². The van der Waals surface area contributed by atoms with Crippen molar-refractivity contribution in [3.05, 3.63) is 0 Å². The SMILES string of the molecule is [Ba+2].[O]=[Mn](=[O])([O-])[O-].[O]=[Mn](=[O])([O-])[O-].[O]=[Mn](=[O])([O-])[O-].[O]=[Mn](=[O])([O-])[O-].[O]=[Mn](=[O])([O-])[O-].[Ti+4].[Zr+4]. The molecular formula is BaMn5O20TiZr.